The van der Waals surface area contributed by atoms with Crippen molar-refractivity contribution in [2.24, 2.45) is 0 Å². The van der Waals surface area contributed by atoms with E-state index in [9.17, 15) is 9.90 Å². The van der Waals surface area contributed by atoms with Gasteiger partial charge in [-0.1, -0.05) is 0 Å². The molecule has 1 fully saturated rings. The van der Waals surface area contributed by atoms with Gasteiger partial charge in [-0.05, 0) is 6.26 Å². The van der Waals surface area contributed by atoms with Crippen LogP contribution in [-0.2, 0) is 4.74 Å². The highest BCUT2D eigenvalue weighted by atomic mass is 32.2. The first-order chi connectivity index (χ1) is 9.65. The molecule has 1 aliphatic rings. The normalized spacial score (nSPS) is 26.4. The average molecular weight is 298 g/mol. The van der Waals surface area contributed by atoms with Gasteiger partial charge in [-0.25, -0.2) is 19.3 Å². The molecule has 0 unspecified atom stereocenters. The summed E-state index contributed by atoms with van der Waals surface area (Å²) in [5, 5.41) is 19.6. The van der Waals surface area contributed by atoms with Gasteiger partial charge >= 0.3 is 5.69 Å². The van der Waals surface area contributed by atoms with E-state index >= 15 is 0 Å². The number of fused-ring (bicyclic) bond motifs is 1. The van der Waals surface area contributed by atoms with Crippen LogP contribution in [0.15, 0.2) is 16.1 Å². The van der Waals surface area contributed by atoms with Gasteiger partial charge in [0.05, 0.1) is 12.7 Å². The molecule has 0 spiro atoms. The number of ether oxygens (including phenoxy) is 1. The molecule has 3 heterocycles. The summed E-state index contributed by atoms with van der Waals surface area (Å²) >= 11 is 1.40. The SMILES string of the molecule is CSc1ncnc2c1[nH]c(=O)n2[C@H]1C[C@@H](O)[C@H](CO)O1. The van der Waals surface area contributed by atoms with Crippen molar-refractivity contribution < 1.29 is 14.9 Å². The Kier molecular flexibility index (Phi) is 3.50. The van der Waals surface area contributed by atoms with Gasteiger partial charge in [0.2, 0.25) is 0 Å². The van der Waals surface area contributed by atoms with Gasteiger partial charge in [-0.3, -0.25) is 0 Å². The molecule has 3 N–H and O–H groups in total. The molecule has 0 radical (unpaired) electrons. The van der Waals surface area contributed by atoms with Crippen LogP contribution in [0.1, 0.15) is 12.6 Å². The Morgan fingerprint density at radius 2 is 2.40 bits per heavy atom. The third-order valence-electron chi connectivity index (χ3n) is 3.34. The third kappa shape index (κ3) is 2.03. The van der Waals surface area contributed by atoms with Crippen LogP contribution >= 0.6 is 11.8 Å². The molecular weight excluding hydrogens is 284 g/mol. The van der Waals surface area contributed by atoms with Crippen molar-refractivity contribution >= 4 is 22.9 Å². The number of hydrogen-bond donors (Lipinski definition) is 3. The Morgan fingerprint density at radius 1 is 1.60 bits per heavy atom. The zero-order valence-corrected chi connectivity index (χ0v) is 11.5. The second-order valence-corrected chi connectivity index (χ2v) is 5.29. The van der Waals surface area contributed by atoms with Crippen LogP contribution in [0.25, 0.3) is 11.2 Å². The molecule has 2 aromatic heterocycles. The summed E-state index contributed by atoms with van der Waals surface area (Å²) in [5.74, 6) is 0. The molecule has 0 amide bonds. The Hall–Kier alpha value is -1.42. The highest BCUT2D eigenvalue weighted by Crippen LogP contribution is 2.30. The molecule has 0 saturated carbocycles. The largest absolute Gasteiger partial charge is 0.394 e. The first-order valence-corrected chi connectivity index (χ1v) is 7.31. The second-order valence-electron chi connectivity index (χ2n) is 4.50. The Labute approximate surface area is 117 Å². The fourth-order valence-corrected chi connectivity index (χ4v) is 2.87. The molecule has 3 atom stereocenters. The maximum Gasteiger partial charge on any atom is 0.329 e. The van der Waals surface area contributed by atoms with E-state index in [-0.39, 0.29) is 18.7 Å². The maximum atomic E-state index is 12.1. The van der Waals surface area contributed by atoms with Crippen molar-refractivity contribution in [2.45, 2.75) is 29.9 Å². The molecule has 0 aliphatic carbocycles. The minimum atomic E-state index is -0.802. The number of nitrogens with zero attached hydrogens (tertiary/aromatic N) is 3. The van der Waals surface area contributed by atoms with Gasteiger partial charge in [-0.2, -0.15) is 0 Å². The average Bonchev–Trinajstić information content (AvgIpc) is 2.97. The monoisotopic (exact) mass is 298 g/mol. The van der Waals surface area contributed by atoms with Gasteiger partial charge in [0, 0.05) is 6.42 Å². The number of aromatic nitrogens is 4. The number of aromatic amines is 1. The molecule has 0 bridgehead atoms. The number of nitrogens with one attached hydrogen (secondary N) is 1. The smallest absolute Gasteiger partial charge is 0.329 e. The minimum Gasteiger partial charge on any atom is -0.394 e. The van der Waals surface area contributed by atoms with Crippen LogP contribution in [0.2, 0.25) is 0 Å². The Balaban J connectivity index is 2.09. The highest BCUT2D eigenvalue weighted by Gasteiger charge is 2.36. The molecule has 9 heteroatoms. The van der Waals surface area contributed by atoms with Crippen LogP contribution in [0, 0.1) is 0 Å². The van der Waals surface area contributed by atoms with Gasteiger partial charge in [-0.15, -0.1) is 11.8 Å². The Bertz CT molecular complexity index is 685. The van der Waals surface area contributed by atoms with E-state index in [4.69, 9.17) is 9.84 Å². The summed E-state index contributed by atoms with van der Waals surface area (Å²) in [4.78, 5) is 23.0. The quantitative estimate of drug-likeness (QED) is 0.516. The van der Waals surface area contributed by atoms with E-state index in [1.807, 2.05) is 6.26 Å². The summed E-state index contributed by atoms with van der Waals surface area (Å²) in [5.41, 5.74) is 0.618. The summed E-state index contributed by atoms with van der Waals surface area (Å²) in [6.07, 6.45) is 1.34. The molecule has 8 nitrogen and oxygen atoms in total. The number of aliphatic hydroxyl groups is 2. The van der Waals surface area contributed by atoms with E-state index in [1.165, 1.54) is 22.7 Å². The number of H-pyrrole nitrogens is 1. The zero-order valence-electron chi connectivity index (χ0n) is 10.7. The lowest BCUT2D eigenvalue weighted by Gasteiger charge is -2.12. The van der Waals surface area contributed by atoms with E-state index in [2.05, 4.69) is 15.0 Å². The minimum absolute atomic E-state index is 0.233. The van der Waals surface area contributed by atoms with E-state index in [0.717, 1.165) is 0 Å². The van der Waals surface area contributed by atoms with Crippen molar-refractivity contribution in [2.75, 3.05) is 12.9 Å². The van der Waals surface area contributed by atoms with Gasteiger partial charge < -0.3 is 19.9 Å². The van der Waals surface area contributed by atoms with Crippen LogP contribution in [0.3, 0.4) is 0 Å². The lowest BCUT2D eigenvalue weighted by molar-refractivity contribution is -0.0441. The van der Waals surface area contributed by atoms with Crippen molar-refractivity contribution in [3.05, 3.63) is 16.8 Å². The standard InChI is InChI=1S/C11H14N4O4S/c1-20-10-8-9(12-4-13-10)15(11(18)14-8)7-2-5(17)6(3-16)19-7/h4-7,16-17H,2-3H2,1H3,(H,14,18)/t5-,6+,7-/m1/s1. The number of aliphatic hydroxyl groups excluding tert-OH is 2. The van der Waals surface area contributed by atoms with Crippen molar-refractivity contribution in [1.29, 1.82) is 0 Å². The van der Waals surface area contributed by atoms with Crippen LogP contribution in [0.5, 0.6) is 0 Å². The molecule has 1 saturated heterocycles. The molecule has 1 aliphatic heterocycles. The van der Waals surface area contributed by atoms with Crippen LogP contribution < -0.4 is 5.69 Å². The zero-order chi connectivity index (χ0) is 14.3. The highest BCUT2D eigenvalue weighted by molar-refractivity contribution is 7.98. The van der Waals surface area contributed by atoms with Crippen molar-refractivity contribution in [3.8, 4) is 0 Å². The molecular formula is C11H14N4O4S. The lowest BCUT2D eigenvalue weighted by Crippen LogP contribution is -2.25. The molecule has 0 aromatic carbocycles. The molecule has 2 aromatic rings. The second kappa shape index (κ2) is 5.17. The van der Waals surface area contributed by atoms with Gasteiger partial charge in [0.1, 0.15) is 29.2 Å². The summed E-state index contributed by atoms with van der Waals surface area (Å²) in [6.45, 7) is -0.292. The first kappa shape index (κ1) is 13.6. The Morgan fingerprint density at radius 3 is 3.05 bits per heavy atom. The maximum absolute atomic E-state index is 12.1. The molecule has 3 rings (SSSR count). The topological polar surface area (TPSA) is 113 Å². The van der Waals surface area contributed by atoms with Crippen LogP contribution in [0.4, 0.5) is 0 Å². The number of imidazole rings is 1. The fraction of sp³-hybridized carbons (Fsp3) is 0.545. The molecule has 20 heavy (non-hydrogen) atoms. The summed E-state index contributed by atoms with van der Waals surface area (Å²) in [7, 11) is 0. The van der Waals surface area contributed by atoms with E-state index in [1.54, 1.807) is 0 Å². The van der Waals surface area contributed by atoms with E-state index in [0.29, 0.717) is 16.2 Å². The fourth-order valence-electron chi connectivity index (χ4n) is 2.38. The van der Waals surface area contributed by atoms with Crippen molar-refractivity contribution in [1.82, 2.24) is 19.5 Å². The predicted molar refractivity (Wildman–Crippen MR) is 71.5 cm³/mol. The van der Waals surface area contributed by atoms with Gasteiger partial charge in [0.25, 0.3) is 0 Å². The first-order valence-electron chi connectivity index (χ1n) is 6.09. The van der Waals surface area contributed by atoms with Gasteiger partial charge in [0.15, 0.2) is 5.65 Å². The van der Waals surface area contributed by atoms with E-state index < -0.39 is 18.4 Å². The number of rotatable bonds is 3. The summed E-state index contributed by atoms with van der Waals surface area (Å²) in [6, 6.07) is 0. The predicted octanol–water partition coefficient (Wildman–Crippen LogP) is -0.518. The molecule has 108 valence electrons. The van der Waals surface area contributed by atoms with Crippen molar-refractivity contribution in [3.63, 3.8) is 0 Å². The lowest BCUT2D eigenvalue weighted by atomic mass is 10.2. The third-order valence-corrected chi connectivity index (χ3v) is 4.03. The summed E-state index contributed by atoms with van der Waals surface area (Å²) < 4.78 is 6.86. The number of thioether (sulfide) groups is 1. The number of hydrogen-bond acceptors (Lipinski definition) is 7. The van der Waals surface area contributed by atoms with Crippen LogP contribution in [-0.4, -0.2) is 54.8 Å².